The van der Waals surface area contributed by atoms with Gasteiger partial charge in [0.1, 0.15) is 4.83 Å². The Bertz CT molecular complexity index is 1110. The lowest BCUT2D eigenvalue weighted by Gasteiger charge is -2.31. The van der Waals surface area contributed by atoms with Gasteiger partial charge in [-0.25, -0.2) is 9.67 Å². The van der Waals surface area contributed by atoms with E-state index in [-0.39, 0.29) is 5.91 Å². The van der Waals surface area contributed by atoms with Crippen LogP contribution in [0.4, 0.5) is 0 Å². The summed E-state index contributed by atoms with van der Waals surface area (Å²) >= 11 is 3.22. The van der Waals surface area contributed by atoms with Crippen LogP contribution in [-0.2, 0) is 0 Å². The summed E-state index contributed by atoms with van der Waals surface area (Å²) in [6.07, 6.45) is 3.98. The maximum atomic E-state index is 13.2. The van der Waals surface area contributed by atoms with Crippen molar-refractivity contribution in [3.8, 4) is 5.69 Å². The summed E-state index contributed by atoms with van der Waals surface area (Å²) in [6, 6.07) is 12.1. The first-order valence-corrected chi connectivity index (χ1v) is 11.1. The zero-order valence-corrected chi connectivity index (χ0v) is 17.2. The molecular formula is C21H20N4OS2. The van der Waals surface area contributed by atoms with E-state index in [0.29, 0.717) is 5.92 Å². The molecule has 1 atom stereocenters. The molecule has 1 saturated heterocycles. The highest BCUT2D eigenvalue weighted by Gasteiger charge is 2.28. The maximum absolute atomic E-state index is 13.2. The Balaban J connectivity index is 1.45. The van der Waals surface area contributed by atoms with Crippen LogP contribution in [0.5, 0.6) is 0 Å². The lowest BCUT2D eigenvalue weighted by atomic mass is 9.98. The largest absolute Gasteiger partial charge is 0.337 e. The van der Waals surface area contributed by atoms with E-state index < -0.39 is 0 Å². The molecule has 1 aliphatic heterocycles. The molecule has 28 heavy (non-hydrogen) atoms. The van der Waals surface area contributed by atoms with Crippen molar-refractivity contribution in [1.82, 2.24) is 19.7 Å². The molecule has 3 aromatic heterocycles. The number of hydrogen-bond acceptors (Lipinski definition) is 5. The van der Waals surface area contributed by atoms with E-state index in [1.54, 1.807) is 11.3 Å². The number of hydrogen-bond donors (Lipinski definition) is 0. The van der Waals surface area contributed by atoms with Gasteiger partial charge >= 0.3 is 0 Å². The summed E-state index contributed by atoms with van der Waals surface area (Å²) in [7, 11) is 0. The predicted molar refractivity (Wildman–Crippen MR) is 114 cm³/mol. The van der Waals surface area contributed by atoms with Crippen LogP contribution in [0, 0.1) is 6.92 Å². The molecule has 1 aromatic carbocycles. The molecule has 1 unspecified atom stereocenters. The molecule has 1 aliphatic rings. The Hall–Kier alpha value is -2.51. The number of thiophene rings is 1. The number of fused-ring (bicyclic) bond motifs is 1. The van der Waals surface area contributed by atoms with Crippen molar-refractivity contribution < 1.29 is 4.79 Å². The third kappa shape index (κ3) is 3.04. The summed E-state index contributed by atoms with van der Waals surface area (Å²) in [6.45, 7) is 3.57. The smallest absolute Gasteiger partial charge is 0.264 e. The van der Waals surface area contributed by atoms with Gasteiger partial charge in [-0.15, -0.1) is 22.7 Å². The lowest BCUT2D eigenvalue weighted by molar-refractivity contribution is 0.0712. The summed E-state index contributed by atoms with van der Waals surface area (Å²) < 4.78 is 1.95. The fourth-order valence-electron chi connectivity index (χ4n) is 3.85. The van der Waals surface area contributed by atoms with Crippen LogP contribution in [0.3, 0.4) is 0 Å². The first-order chi connectivity index (χ1) is 13.7. The SMILES string of the molecule is Cc1nn(-c2ccccc2)c2sc(C(=O)N3CCCC(c4nccs4)C3)cc12. The van der Waals surface area contributed by atoms with E-state index >= 15 is 0 Å². The summed E-state index contributed by atoms with van der Waals surface area (Å²) in [5.41, 5.74) is 1.97. The van der Waals surface area contributed by atoms with Crippen LogP contribution >= 0.6 is 22.7 Å². The highest BCUT2D eigenvalue weighted by Crippen LogP contribution is 2.33. The molecule has 0 spiro atoms. The second kappa shape index (κ2) is 7.14. The van der Waals surface area contributed by atoms with Gasteiger partial charge in [-0.1, -0.05) is 18.2 Å². The molecule has 0 bridgehead atoms. The molecule has 5 rings (SSSR count). The summed E-state index contributed by atoms with van der Waals surface area (Å²) in [5, 5.41) is 8.89. The maximum Gasteiger partial charge on any atom is 0.264 e. The quantitative estimate of drug-likeness (QED) is 0.486. The third-order valence-corrected chi connectivity index (χ3v) is 7.30. The van der Waals surface area contributed by atoms with Crippen LogP contribution in [0.25, 0.3) is 15.9 Å². The number of para-hydroxylation sites is 1. The molecule has 5 nitrogen and oxygen atoms in total. The van der Waals surface area contributed by atoms with Crippen molar-refractivity contribution in [1.29, 1.82) is 0 Å². The van der Waals surface area contributed by atoms with Crippen LogP contribution in [0.1, 0.15) is 39.1 Å². The number of likely N-dealkylation sites (tertiary alicyclic amines) is 1. The fourth-order valence-corrected chi connectivity index (χ4v) is 5.77. The Morgan fingerprint density at radius 2 is 2.11 bits per heavy atom. The van der Waals surface area contributed by atoms with Crippen LogP contribution in [-0.4, -0.2) is 38.7 Å². The van der Waals surface area contributed by atoms with Crippen molar-refractivity contribution in [2.24, 2.45) is 0 Å². The van der Waals surface area contributed by atoms with Gasteiger partial charge in [0.25, 0.3) is 5.91 Å². The van der Waals surface area contributed by atoms with Crippen LogP contribution in [0.2, 0.25) is 0 Å². The second-order valence-corrected chi connectivity index (χ2v) is 9.08. The Labute approximate surface area is 171 Å². The van der Waals surface area contributed by atoms with Gasteiger partial charge in [0.05, 0.1) is 21.3 Å². The van der Waals surface area contributed by atoms with Crippen LogP contribution in [0.15, 0.2) is 48.0 Å². The first-order valence-electron chi connectivity index (χ1n) is 9.44. The highest BCUT2D eigenvalue weighted by molar-refractivity contribution is 7.20. The molecule has 1 fully saturated rings. The number of carbonyl (C=O) groups is 1. The number of nitrogens with zero attached hydrogens (tertiary/aromatic N) is 4. The number of amides is 1. The van der Waals surface area contributed by atoms with Crippen molar-refractivity contribution in [3.63, 3.8) is 0 Å². The molecule has 4 heterocycles. The van der Waals surface area contributed by atoms with Gasteiger partial charge in [0.15, 0.2) is 0 Å². The Kier molecular flexibility index (Phi) is 4.49. The van der Waals surface area contributed by atoms with E-state index in [0.717, 1.165) is 57.4 Å². The standard InChI is InChI=1S/C21H20N4OS2/c1-14-17-12-18(28-21(17)25(23-14)16-7-3-2-4-8-16)20(26)24-10-5-6-15(13-24)19-22-9-11-27-19/h2-4,7-9,11-12,15H,5-6,10,13H2,1H3. The van der Waals surface area contributed by atoms with Gasteiger partial charge in [-0.2, -0.15) is 5.10 Å². The number of carbonyl (C=O) groups excluding carboxylic acids is 1. The number of aryl methyl sites for hydroxylation is 1. The molecule has 0 N–H and O–H groups in total. The average Bonchev–Trinajstić information content (AvgIpc) is 3.47. The minimum Gasteiger partial charge on any atom is -0.337 e. The summed E-state index contributed by atoms with van der Waals surface area (Å²) in [4.78, 5) is 21.5. The number of aromatic nitrogens is 3. The molecule has 4 aromatic rings. The first kappa shape index (κ1) is 17.6. The second-order valence-electron chi connectivity index (χ2n) is 7.12. The third-order valence-electron chi connectivity index (χ3n) is 5.27. The molecule has 7 heteroatoms. The van der Waals surface area contributed by atoms with Crippen molar-refractivity contribution >= 4 is 38.8 Å². The summed E-state index contributed by atoms with van der Waals surface area (Å²) in [5.74, 6) is 0.482. The lowest BCUT2D eigenvalue weighted by Crippen LogP contribution is -2.38. The van der Waals surface area contributed by atoms with E-state index in [1.165, 1.54) is 11.3 Å². The monoisotopic (exact) mass is 408 g/mol. The molecule has 0 aliphatic carbocycles. The van der Waals surface area contributed by atoms with Gasteiger partial charge in [-0.3, -0.25) is 4.79 Å². The number of piperidine rings is 1. The normalized spacial score (nSPS) is 17.3. The van der Waals surface area contributed by atoms with Gasteiger partial charge in [0, 0.05) is 36.0 Å². The van der Waals surface area contributed by atoms with Crippen LogP contribution < -0.4 is 0 Å². The number of rotatable bonds is 3. The average molecular weight is 409 g/mol. The minimum absolute atomic E-state index is 0.126. The van der Waals surface area contributed by atoms with Crippen molar-refractivity contribution in [2.45, 2.75) is 25.7 Å². The van der Waals surface area contributed by atoms with Gasteiger partial charge in [-0.05, 0) is 38.0 Å². The molecule has 0 saturated carbocycles. The number of thiazole rings is 1. The molecule has 1 amide bonds. The molecule has 0 radical (unpaired) electrons. The van der Waals surface area contributed by atoms with Gasteiger partial charge in [0.2, 0.25) is 0 Å². The topological polar surface area (TPSA) is 51.0 Å². The Morgan fingerprint density at radius 3 is 2.89 bits per heavy atom. The van der Waals surface area contributed by atoms with E-state index in [1.807, 2.05) is 64.5 Å². The van der Waals surface area contributed by atoms with E-state index in [9.17, 15) is 4.79 Å². The van der Waals surface area contributed by atoms with Crippen molar-refractivity contribution in [3.05, 3.63) is 63.6 Å². The Morgan fingerprint density at radius 1 is 1.25 bits per heavy atom. The highest BCUT2D eigenvalue weighted by atomic mass is 32.1. The minimum atomic E-state index is 0.126. The zero-order valence-electron chi connectivity index (χ0n) is 15.5. The van der Waals surface area contributed by atoms with E-state index in [2.05, 4.69) is 10.1 Å². The van der Waals surface area contributed by atoms with Crippen molar-refractivity contribution in [2.75, 3.05) is 13.1 Å². The van der Waals surface area contributed by atoms with E-state index in [4.69, 9.17) is 0 Å². The molecule has 142 valence electrons. The number of benzene rings is 1. The zero-order chi connectivity index (χ0) is 19.1. The van der Waals surface area contributed by atoms with Gasteiger partial charge < -0.3 is 4.90 Å². The molecular weight excluding hydrogens is 388 g/mol. The predicted octanol–water partition coefficient (Wildman–Crippen LogP) is 4.87. The fraction of sp³-hybridized carbons (Fsp3) is 0.286.